The van der Waals surface area contributed by atoms with Crippen molar-refractivity contribution in [1.82, 2.24) is 15.5 Å². The molecule has 1 rings (SSSR count). The Balaban J connectivity index is 2.23. The van der Waals surface area contributed by atoms with Crippen molar-refractivity contribution in [2.75, 3.05) is 19.6 Å². The van der Waals surface area contributed by atoms with Gasteiger partial charge >= 0.3 is 12.0 Å². The molecule has 0 aliphatic carbocycles. The number of rotatable bonds is 6. The predicted molar refractivity (Wildman–Crippen MR) is 73.2 cm³/mol. The number of hydrogen-bond donors (Lipinski definition) is 3. The third kappa shape index (κ3) is 6.51. The molecule has 114 valence electrons. The highest BCUT2D eigenvalue weighted by Crippen LogP contribution is 2.20. The fraction of sp³-hybridized carbons (Fsp3) is 0.769. The molecule has 20 heavy (non-hydrogen) atoms. The summed E-state index contributed by atoms with van der Waals surface area (Å²) >= 11 is 0. The van der Waals surface area contributed by atoms with Crippen LogP contribution in [0.4, 0.5) is 4.79 Å². The highest BCUT2D eigenvalue weighted by Gasteiger charge is 2.24. The van der Waals surface area contributed by atoms with Crippen LogP contribution in [0.25, 0.3) is 0 Å². The molecule has 1 saturated heterocycles. The predicted octanol–water partition coefficient (Wildman–Crippen LogP) is 0.407. The Morgan fingerprint density at radius 1 is 1.35 bits per heavy atom. The van der Waals surface area contributed by atoms with E-state index in [1.807, 2.05) is 18.7 Å². The van der Waals surface area contributed by atoms with Crippen LogP contribution in [-0.2, 0) is 9.59 Å². The van der Waals surface area contributed by atoms with Crippen molar-refractivity contribution in [2.24, 2.45) is 5.92 Å². The Labute approximate surface area is 118 Å². The van der Waals surface area contributed by atoms with Crippen LogP contribution < -0.4 is 10.6 Å². The molecule has 1 unspecified atom stereocenters. The largest absolute Gasteiger partial charge is 0.481 e. The SMILES string of the molecule is CC(C)NC(=O)NC(=O)CN1CCC(CCC(=O)O)C1. The van der Waals surface area contributed by atoms with Crippen molar-refractivity contribution in [3.8, 4) is 0 Å². The molecule has 0 aromatic rings. The zero-order valence-corrected chi connectivity index (χ0v) is 12.0. The lowest BCUT2D eigenvalue weighted by Crippen LogP contribution is -2.46. The number of likely N-dealkylation sites (tertiary alicyclic amines) is 1. The smallest absolute Gasteiger partial charge is 0.321 e. The first-order valence-corrected chi connectivity index (χ1v) is 6.91. The van der Waals surface area contributed by atoms with Crippen LogP contribution in [0.15, 0.2) is 0 Å². The van der Waals surface area contributed by atoms with Gasteiger partial charge in [0.05, 0.1) is 6.54 Å². The molecule has 1 fully saturated rings. The molecule has 0 saturated carbocycles. The van der Waals surface area contributed by atoms with Crippen LogP contribution in [0, 0.1) is 5.92 Å². The molecule has 3 N–H and O–H groups in total. The molecule has 0 aromatic heterocycles. The van der Waals surface area contributed by atoms with E-state index in [-0.39, 0.29) is 24.9 Å². The molecule has 1 atom stereocenters. The Kier molecular flexibility index (Phi) is 6.44. The van der Waals surface area contributed by atoms with Crippen LogP contribution in [0.3, 0.4) is 0 Å². The minimum Gasteiger partial charge on any atom is -0.481 e. The quantitative estimate of drug-likeness (QED) is 0.656. The molecule has 7 nitrogen and oxygen atoms in total. The van der Waals surface area contributed by atoms with Gasteiger partial charge in [0.1, 0.15) is 0 Å². The first-order valence-electron chi connectivity index (χ1n) is 6.91. The Morgan fingerprint density at radius 2 is 2.05 bits per heavy atom. The molecule has 0 spiro atoms. The molecule has 7 heteroatoms. The van der Waals surface area contributed by atoms with Crippen molar-refractivity contribution in [2.45, 2.75) is 39.2 Å². The van der Waals surface area contributed by atoms with Gasteiger partial charge in [-0.15, -0.1) is 0 Å². The number of aliphatic carboxylic acids is 1. The molecule has 1 aliphatic rings. The lowest BCUT2D eigenvalue weighted by molar-refractivity contribution is -0.137. The number of carbonyl (C=O) groups excluding carboxylic acids is 2. The van der Waals surface area contributed by atoms with Gasteiger partial charge in [-0.25, -0.2) is 4.79 Å². The summed E-state index contributed by atoms with van der Waals surface area (Å²) in [6.45, 7) is 5.29. The van der Waals surface area contributed by atoms with Gasteiger partial charge in [-0.1, -0.05) is 0 Å². The Bertz CT molecular complexity index is 371. The number of amides is 3. The van der Waals surface area contributed by atoms with Crippen molar-refractivity contribution in [3.63, 3.8) is 0 Å². The average molecular weight is 285 g/mol. The second kappa shape index (κ2) is 7.84. The second-order valence-electron chi connectivity index (χ2n) is 5.50. The number of imide groups is 1. The summed E-state index contributed by atoms with van der Waals surface area (Å²) in [7, 11) is 0. The van der Waals surface area contributed by atoms with Crippen LogP contribution in [0.1, 0.15) is 33.1 Å². The van der Waals surface area contributed by atoms with E-state index in [1.165, 1.54) is 0 Å². The van der Waals surface area contributed by atoms with Gasteiger partial charge in [0.2, 0.25) is 5.91 Å². The monoisotopic (exact) mass is 285 g/mol. The molecule has 3 amide bonds. The average Bonchev–Trinajstić information content (AvgIpc) is 2.72. The van der Waals surface area contributed by atoms with Crippen LogP contribution >= 0.6 is 0 Å². The third-order valence-electron chi connectivity index (χ3n) is 3.18. The number of carboxylic acid groups (broad SMARTS) is 1. The standard InChI is InChI=1S/C13H23N3O4/c1-9(2)14-13(20)15-11(17)8-16-6-5-10(7-16)3-4-12(18)19/h9-10H,3-8H2,1-2H3,(H,18,19)(H2,14,15,17,20). The molecule has 0 bridgehead atoms. The zero-order valence-electron chi connectivity index (χ0n) is 12.0. The highest BCUT2D eigenvalue weighted by atomic mass is 16.4. The lowest BCUT2D eigenvalue weighted by atomic mass is 10.0. The van der Waals surface area contributed by atoms with Crippen molar-refractivity contribution >= 4 is 17.9 Å². The van der Waals surface area contributed by atoms with E-state index < -0.39 is 12.0 Å². The minimum absolute atomic E-state index is 0.0185. The third-order valence-corrected chi connectivity index (χ3v) is 3.18. The fourth-order valence-corrected chi connectivity index (χ4v) is 2.29. The summed E-state index contributed by atoms with van der Waals surface area (Å²) in [6, 6.07) is -0.499. The van der Waals surface area contributed by atoms with Crippen molar-refractivity contribution in [3.05, 3.63) is 0 Å². The molecule has 0 radical (unpaired) electrons. The molecular formula is C13H23N3O4. The summed E-state index contributed by atoms with van der Waals surface area (Å²) in [5, 5.41) is 13.5. The van der Waals surface area contributed by atoms with E-state index in [0.29, 0.717) is 18.9 Å². The maximum atomic E-state index is 11.7. The van der Waals surface area contributed by atoms with Crippen LogP contribution in [-0.4, -0.2) is 53.6 Å². The Hall–Kier alpha value is -1.63. The van der Waals surface area contributed by atoms with Gasteiger partial charge in [0.15, 0.2) is 0 Å². The van der Waals surface area contributed by atoms with Gasteiger partial charge in [-0.3, -0.25) is 19.8 Å². The van der Waals surface area contributed by atoms with E-state index in [9.17, 15) is 14.4 Å². The van der Waals surface area contributed by atoms with Gasteiger partial charge < -0.3 is 10.4 Å². The molecule has 1 aliphatic heterocycles. The van der Waals surface area contributed by atoms with E-state index in [2.05, 4.69) is 10.6 Å². The Morgan fingerprint density at radius 3 is 2.65 bits per heavy atom. The van der Waals surface area contributed by atoms with Gasteiger partial charge in [-0.2, -0.15) is 0 Å². The second-order valence-corrected chi connectivity index (χ2v) is 5.50. The van der Waals surface area contributed by atoms with Gasteiger partial charge in [0, 0.05) is 19.0 Å². The van der Waals surface area contributed by atoms with Gasteiger partial charge in [-0.05, 0) is 39.2 Å². The highest BCUT2D eigenvalue weighted by molar-refractivity contribution is 5.95. The van der Waals surface area contributed by atoms with Crippen molar-refractivity contribution in [1.29, 1.82) is 0 Å². The maximum Gasteiger partial charge on any atom is 0.321 e. The summed E-state index contributed by atoms with van der Waals surface area (Å²) < 4.78 is 0. The molecular weight excluding hydrogens is 262 g/mol. The molecule has 1 heterocycles. The summed E-state index contributed by atoms with van der Waals surface area (Å²) in [5.74, 6) is -0.794. The topological polar surface area (TPSA) is 98.7 Å². The normalized spacial score (nSPS) is 19.1. The lowest BCUT2D eigenvalue weighted by Gasteiger charge is -2.15. The van der Waals surface area contributed by atoms with E-state index in [1.54, 1.807) is 0 Å². The van der Waals surface area contributed by atoms with E-state index in [4.69, 9.17) is 5.11 Å². The summed E-state index contributed by atoms with van der Waals surface area (Å²) in [6.07, 6.45) is 1.71. The fourth-order valence-electron chi connectivity index (χ4n) is 2.29. The number of nitrogens with zero attached hydrogens (tertiary/aromatic N) is 1. The van der Waals surface area contributed by atoms with Crippen LogP contribution in [0.5, 0.6) is 0 Å². The first kappa shape index (κ1) is 16.4. The number of carboxylic acids is 1. The van der Waals surface area contributed by atoms with E-state index >= 15 is 0 Å². The van der Waals surface area contributed by atoms with Crippen molar-refractivity contribution < 1.29 is 19.5 Å². The van der Waals surface area contributed by atoms with E-state index in [0.717, 1.165) is 13.0 Å². The summed E-state index contributed by atoms with van der Waals surface area (Å²) in [5.41, 5.74) is 0. The number of hydrogen-bond acceptors (Lipinski definition) is 4. The zero-order chi connectivity index (χ0) is 15.1. The minimum atomic E-state index is -0.786. The first-order chi connectivity index (χ1) is 9.36. The number of carbonyl (C=O) groups is 3. The number of urea groups is 1. The number of nitrogens with one attached hydrogen (secondary N) is 2. The maximum absolute atomic E-state index is 11.7. The van der Waals surface area contributed by atoms with Gasteiger partial charge in [0.25, 0.3) is 0 Å². The van der Waals surface area contributed by atoms with Crippen LogP contribution in [0.2, 0.25) is 0 Å². The molecule has 0 aromatic carbocycles. The summed E-state index contributed by atoms with van der Waals surface area (Å²) in [4.78, 5) is 35.5.